The van der Waals surface area contributed by atoms with Gasteiger partial charge in [-0.25, -0.2) is 13.4 Å². The minimum Gasteiger partial charge on any atom is -0.472 e. The van der Waals surface area contributed by atoms with Gasteiger partial charge in [0.15, 0.2) is 5.78 Å². The number of fused-ring (bicyclic) bond motifs is 3. The molecule has 2 aliphatic heterocycles. The second kappa shape index (κ2) is 13.9. The van der Waals surface area contributed by atoms with Gasteiger partial charge in [-0.3, -0.25) is 23.9 Å². The zero-order valence-corrected chi connectivity index (χ0v) is 29.9. The number of sulfonamides is 1. The average molecular weight is 706 g/mol. The first kappa shape index (κ1) is 35.8. The summed E-state index contributed by atoms with van der Waals surface area (Å²) in [5.74, 6) is -2.73. The Labute approximate surface area is 293 Å². The zero-order valence-electron chi connectivity index (χ0n) is 29.1. The molecular formula is C38H47N3O8S. The molecule has 4 bridgehead atoms. The summed E-state index contributed by atoms with van der Waals surface area (Å²) >= 11 is 0. The van der Waals surface area contributed by atoms with Crippen LogP contribution in [0.5, 0.6) is 5.88 Å². The summed E-state index contributed by atoms with van der Waals surface area (Å²) in [7, 11) is -3.84. The molecule has 3 heterocycles. The van der Waals surface area contributed by atoms with E-state index in [-0.39, 0.29) is 56.4 Å². The van der Waals surface area contributed by atoms with Crippen LogP contribution in [0.25, 0.3) is 16.8 Å². The number of rotatable bonds is 7. The van der Waals surface area contributed by atoms with E-state index in [1.54, 1.807) is 12.3 Å². The molecule has 6 rings (SSSR count). The summed E-state index contributed by atoms with van der Waals surface area (Å²) in [6, 6.07) is 6.94. The number of nitrogens with one attached hydrogen (secondary N) is 1. The average Bonchev–Trinajstić information content (AvgIpc) is 3.99. The van der Waals surface area contributed by atoms with E-state index in [0.29, 0.717) is 25.1 Å². The van der Waals surface area contributed by atoms with E-state index in [2.05, 4.69) is 22.4 Å². The van der Waals surface area contributed by atoms with Gasteiger partial charge >= 0.3 is 5.97 Å². The number of nitrogens with zero attached hydrogens (tertiary/aromatic N) is 2. The maximum absolute atomic E-state index is 14.5. The molecule has 1 aromatic carbocycles. The van der Waals surface area contributed by atoms with Crippen molar-refractivity contribution in [2.75, 3.05) is 13.2 Å². The summed E-state index contributed by atoms with van der Waals surface area (Å²) < 4.78 is 39.7. The van der Waals surface area contributed by atoms with Crippen LogP contribution in [0.4, 0.5) is 0 Å². The lowest BCUT2D eigenvalue weighted by Crippen LogP contribution is -2.48. The third kappa shape index (κ3) is 7.65. The van der Waals surface area contributed by atoms with Crippen molar-refractivity contribution in [1.29, 1.82) is 0 Å². The smallest absolute Gasteiger partial charge is 0.306 e. The Balaban J connectivity index is 1.33. The number of hydrogen-bond donors (Lipinski definition) is 1. The number of pyridine rings is 1. The molecule has 2 aromatic rings. The van der Waals surface area contributed by atoms with Crippen LogP contribution in [0.3, 0.4) is 0 Å². The number of hydrogen-bond acceptors (Lipinski definition) is 9. The van der Waals surface area contributed by atoms with Gasteiger partial charge in [-0.05, 0) is 72.9 Å². The number of ketones is 1. The number of aromatic nitrogens is 1. The van der Waals surface area contributed by atoms with E-state index < -0.39 is 56.0 Å². The highest BCUT2D eigenvalue weighted by Crippen LogP contribution is 2.57. The third-order valence-electron chi connectivity index (χ3n) is 10.6. The summed E-state index contributed by atoms with van der Waals surface area (Å²) in [6.45, 7) is 9.75. The van der Waals surface area contributed by atoms with Crippen molar-refractivity contribution in [3.63, 3.8) is 0 Å². The maximum atomic E-state index is 14.5. The minimum absolute atomic E-state index is 0.0642. The van der Waals surface area contributed by atoms with Crippen molar-refractivity contribution in [3.05, 3.63) is 54.8 Å². The fourth-order valence-electron chi connectivity index (χ4n) is 7.21. The van der Waals surface area contributed by atoms with Crippen molar-refractivity contribution >= 4 is 50.4 Å². The number of Topliss-reactive ketones (excluding diaryl/α,β-unsaturated/α-hetero) is 1. The summed E-state index contributed by atoms with van der Waals surface area (Å²) in [5, 5.41) is 1.13. The second-order valence-electron chi connectivity index (χ2n) is 15.3. The second-order valence-corrected chi connectivity index (χ2v) is 17.3. The van der Waals surface area contributed by atoms with E-state index in [1.807, 2.05) is 51.1 Å². The van der Waals surface area contributed by atoms with Crippen LogP contribution in [-0.2, 0) is 33.9 Å². The minimum atomic E-state index is -3.84. The standard InChI is InChI=1S/C38H47N3O8S/c1-5-26-21-38(26,36(45)40-50(46,47)28-13-14-28)22-32(42)31-19-27-23-41(31)35(44)30(37(2,3)4)20-33(43)48-17-9-7-6-8-10-24-11-12-25-15-16-39-34(49-27)29(25)18-24/h5,8,10-12,15-16,18,26-28,30-31H,1,6-7,9,13-14,17,19-23H2,2-4H3,(H,40,45)/b10-8+/t26-,27-,30-,31+,38-/m1/s1. The molecule has 3 fully saturated rings. The van der Waals surface area contributed by atoms with E-state index in [1.165, 1.54) is 4.90 Å². The summed E-state index contributed by atoms with van der Waals surface area (Å²) in [6.07, 6.45) is 10.0. The largest absolute Gasteiger partial charge is 0.472 e. The van der Waals surface area contributed by atoms with Crippen molar-refractivity contribution in [3.8, 4) is 5.88 Å². The van der Waals surface area contributed by atoms with Gasteiger partial charge in [0.1, 0.15) is 6.10 Å². The predicted octanol–water partition coefficient (Wildman–Crippen LogP) is 5.14. The molecule has 5 atom stereocenters. The lowest BCUT2D eigenvalue weighted by atomic mass is 9.77. The Morgan fingerprint density at radius 3 is 2.64 bits per heavy atom. The van der Waals surface area contributed by atoms with E-state index in [9.17, 15) is 27.6 Å². The topological polar surface area (TPSA) is 149 Å². The highest BCUT2D eigenvalue weighted by Gasteiger charge is 2.61. The number of carbonyl (C=O) groups excluding carboxylic acids is 4. The first-order chi connectivity index (χ1) is 23.7. The summed E-state index contributed by atoms with van der Waals surface area (Å²) in [4.78, 5) is 61.4. The van der Waals surface area contributed by atoms with Crippen LogP contribution >= 0.6 is 0 Å². The van der Waals surface area contributed by atoms with Crippen LogP contribution in [0.15, 0.2) is 49.2 Å². The molecule has 11 nitrogen and oxygen atoms in total. The zero-order chi connectivity index (χ0) is 35.8. The number of benzene rings is 1. The van der Waals surface area contributed by atoms with Gasteiger partial charge in [-0.15, -0.1) is 6.58 Å². The lowest BCUT2D eigenvalue weighted by molar-refractivity contribution is -0.153. The molecule has 2 aliphatic carbocycles. The van der Waals surface area contributed by atoms with Crippen molar-refractivity contribution in [2.24, 2.45) is 22.7 Å². The van der Waals surface area contributed by atoms with Gasteiger partial charge in [-0.2, -0.15) is 0 Å². The van der Waals surface area contributed by atoms with Crippen molar-refractivity contribution in [2.45, 2.75) is 96.0 Å². The molecule has 268 valence electrons. The Kier molecular flexibility index (Phi) is 9.96. The molecule has 4 aliphatic rings. The maximum Gasteiger partial charge on any atom is 0.306 e. The number of carbonyl (C=O) groups is 4. The van der Waals surface area contributed by atoms with Crippen LogP contribution in [0.2, 0.25) is 0 Å². The molecule has 2 saturated carbocycles. The highest BCUT2D eigenvalue weighted by molar-refractivity contribution is 7.90. The number of amides is 2. The fourth-order valence-corrected chi connectivity index (χ4v) is 8.60. The number of cyclic esters (lactones) is 1. The summed E-state index contributed by atoms with van der Waals surface area (Å²) in [5.41, 5.74) is -0.950. The first-order valence-electron chi connectivity index (χ1n) is 17.6. The Morgan fingerprint density at radius 1 is 1.16 bits per heavy atom. The van der Waals surface area contributed by atoms with E-state index >= 15 is 0 Å². The fraction of sp³-hybridized carbons (Fsp3) is 0.553. The number of esters is 1. The predicted molar refractivity (Wildman–Crippen MR) is 188 cm³/mol. The third-order valence-corrected chi connectivity index (χ3v) is 12.4. The van der Waals surface area contributed by atoms with Crippen molar-refractivity contribution in [1.82, 2.24) is 14.6 Å². The van der Waals surface area contributed by atoms with Gasteiger partial charge in [0.25, 0.3) is 0 Å². The molecular weight excluding hydrogens is 658 g/mol. The molecule has 1 N–H and O–H groups in total. The van der Waals surface area contributed by atoms with Gasteiger partial charge in [-0.1, -0.05) is 51.1 Å². The number of allylic oxidation sites excluding steroid dienone is 2. The SMILES string of the molecule is C=C[C@@H]1C[C@]1(CC(=O)[C@@H]1C[C@@H]2CN1C(=O)[C@H](C(C)(C)C)CC(=O)OCCCC/C=C/c1ccc3ccnc(c3c1)O2)C(=O)NS(=O)(=O)C1CC1. The molecule has 0 unspecified atom stereocenters. The van der Waals surface area contributed by atoms with Gasteiger partial charge in [0, 0.05) is 24.4 Å². The van der Waals surface area contributed by atoms with Crippen LogP contribution in [-0.4, -0.2) is 72.4 Å². The molecule has 1 aromatic heterocycles. The molecule has 12 heteroatoms. The molecule has 0 radical (unpaired) electrons. The molecule has 1 saturated heterocycles. The Bertz CT molecular complexity index is 1830. The quantitative estimate of drug-likeness (QED) is 0.306. The Morgan fingerprint density at radius 2 is 1.94 bits per heavy atom. The Hall–Kier alpha value is -4.06. The van der Waals surface area contributed by atoms with Crippen LogP contribution < -0.4 is 9.46 Å². The van der Waals surface area contributed by atoms with Gasteiger partial charge in [0.2, 0.25) is 27.7 Å². The molecule has 2 amide bonds. The normalized spacial score (nSPS) is 28.5. The monoisotopic (exact) mass is 705 g/mol. The van der Waals surface area contributed by atoms with Crippen molar-refractivity contribution < 1.29 is 37.1 Å². The first-order valence-corrected chi connectivity index (χ1v) is 19.2. The molecule has 0 spiro atoms. The van der Waals surface area contributed by atoms with Gasteiger partial charge < -0.3 is 14.4 Å². The highest BCUT2D eigenvalue weighted by atomic mass is 32.2. The number of ether oxygens (including phenoxy) is 2. The van der Waals surface area contributed by atoms with Crippen LogP contribution in [0, 0.1) is 22.7 Å². The lowest BCUT2D eigenvalue weighted by Gasteiger charge is -2.34. The van der Waals surface area contributed by atoms with E-state index in [0.717, 1.165) is 29.2 Å². The molecule has 50 heavy (non-hydrogen) atoms. The van der Waals surface area contributed by atoms with Gasteiger partial charge in [0.05, 0.1) is 42.2 Å². The van der Waals surface area contributed by atoms with E-state index in [4.69, 9.17) is 9.47 Å². The van der Waals surface area contributed by atoms with Crippen LogP contribution in [0.1, 0.15) is 84.1 Å².